The summed E-state index contributed by atoms with van der Waals surface area (Å²) in [7, 11) is 0. The Morgan fingerprint density at radius 3 is 2.41 bits per heavy atom. The lowest BCUT2D eigenvalue weighted by Crippen LogP contribution is -2.17. The second kappa shape index (κ2) is 8.09. The van der Waals surface area contributed by atoms with Crippen LogP contribution >= 0.6 is 0 Å². The van der Waals surface area contributed by atoms with Crippen LogP contribution in [0.2, 0.25) is 0 Å². The summed E-state index contributed by atoms with van der Waals surface area (Å²) in [6, 6.07) is 11.0. The Bertz CT molecular complexity index is 1100. The van der Waals surface area contributed by atoms with Gasteiger partial charge in [0.15, 0.2) is 0 Å². The molecule has 9 heteroatoms. The van der Waals surface area contributed by atoms with Gasteiger partial charge in [0, 0.05) is 17.5 Å². The standard InChI is InChI=1S/C20H13F3O6/c1-2-18(24)27-11-26-15-8-5-13-9-16(19(25)28-17(13)10-15)12-3-6-14(7-4-12)29-20(21,22)23/h2-10H,1,11H2. The molecule has 0 amide bonds. The molecule has 0 unspecified atom stereocenters. The minimum atomic E-state index is -4.80. The summed E-state index contributed by atoms with van der Waals surface area (Å²) in [5, 5.41) is 0.561. The van der Waals surface area contributed by atoms with Crippen LogP contribution in [0.4, 0.5) is 13.2 Å². The Morgan fingerprint density at radius 1 is 1.07 bits per heavy atom. The van der Waals surface area contributed by atoms with E-state index >= 15 is 0 Å². The molecule has 0 bridgehead atoms. The average Bonchev–Trinajstić information content (AvgIpc) is 2.66. The van der Waals surface area contributed by atoms with Gasteiger partial charge >= 0.3 is 18.0 Å². The molecule has 2 aromatic carbocycles. The molecule has 0 aliphatic rings. The van der Waals surface area contributed by atoms with Crippen LogP contribution in [0.3, 0.4) is 0 Å². The van der Waals surface area contributed by atoms with Gasteiger partial charge in [0.25, 0.3) is 0 Å². The van der Waals surface area contributed by atoms with Crippen molar-refractivity contribution >= 4 is 16.9 Å². The maximum atomic E-state index is 12.3. The number of esters is 1. The Kier molecular flexibility index (Phi) is 5.58. The highest BCUT2D eigenvalue weighted by atomic mass is 19.4. The van der Waals surface area contributed by atoms with Crippen LogP contribution in [0, 0.1) is 0 Å². The molecule has 3 rings (SSSR count). The van der Waals surface area contributed by atoms with E-state index < -0.39 is 23.7 Å². The number of carbonyl (C=O) groups excluding carboxylic acids is 1. The van der Waals surface area contributed by atoms with Crippen molar-refractivity contribution in [2.24, 2.45) is 0 Å². The van der Waals surface area contributed by atoms with Gasteiger partial charge < -0.3 is 18.6 Å². The normalized spacial score (nSPS) is 11.1. The molecule has 0 radical (unpaired) electrons. The third-order valence-corrected chi connectivity index (χ3v) is 3.70. The monoisotopic (exact) mass is 406 g/mol. The minimum absolute atomic E-state index is 0.171. The van der Waals surface area contributed by atoms with Crippen LogP contribution in [0.25, 0.3) is 22.1 Å². The molecule has 0 fully saturated rings. The summed E-state index contributed by atoms with van der Waals surface area (Å²) in [4.78, 5) is 23.3. The molecule has 0 aliphatic heterocycles. The summed E-state index contributed by atoms with van der Waals surface area (Å²) in [5.41, 5.74) is 0.0806. The largest absolute Gasteiger partial charge is 0.573 e. The van der Waals surface area contributed by atoms with Gasteiger partial charge in [-0.25, -0.2) is 9.59 Å². The summed E-state index contributed by atoms with van der Waals surface area (Å²) < 4.78 is 55.8. The number of ether oxygens (including phenoxy) is 3. The van der Waals surface area contributed by atoms with Crippen molar-refractivity contribution in [3.8, 4) is 22.6 Å². The average molecular weight is 406 g/mol. The first-order valence-electron chi connectivity index (χ1n) is 8.11. The molecule has 0 saturated carbocycles. The van der Waals surface area contributed by atoms with Crippen molar-refractivity contribution in [1.29, 1.82) is 0 Å². The molecule has 0 saturated heterocycles. The Balaban J connectivity index is 1.82. The molecule has 0 atom stereocenters. The SMILES string of the molecule is C=CC(=O)OCOc1ccc2cc(-c3ccc(OC(F)(F)F)cc3)c(=O)oc2c1. The molecule has 150 valence electrons. The highest BCUT2D eigenvalue weighted by Gasteiger charge is 2.31. The van der Waals surface area contributed by atoms with Crippen molar-refractivity contribution in [1.82, 2.24) is 0 Å². The number of halogens is 3. The molecule has 0 N–H and O–H groups in total. The summed E-state index contributed by atoms with van der Waals surface area (Å²) in [6.45, 7) is 2.91. The summed E-state index contributed by atoms with van der Waals surface area (Å²) in [5.74, 6) is -0.738. The van der Waals surface area contributed by atoms with Crippen LogP contribution in [-0.4, -0.2) is 19.1 Å². The van der Waals surface area contributed by atoms with Crippen LogP contribution in [0.5, 0.6) is 11.5 Å². The zero-order chi connectivity index (χ0) is 21.0. The van der Waals surface area contributed by atoms with E-state index in [0.29, 0.717) is 16.7 Å². The highest BCUT2D eigenvalue weighted by molar-refractivity contribution is 5.83. The van der Waals surface area contributed by atoms with Gasteiger partial charge in [-0.05, 0) is 35.9 Å². The maximum absolute atomic E-state index is 12.3. The maximum Gasteiger partial charge on any atom is 0.573 e. The third kappa shape index (κ3) is 5.16. The van der Waals surface area contributed by atoms with E-state index in [-0.39, 0.29) is 17.9 Å². The fraction of sp³-hybridized carbons (Fsp3) is 0.100. The smallest absolute Gasteiger partial charge is 0.457 e. The number of hydrogen-bond donors (Lipinski definition) is 0. The van der Waals surface area contributed by atoms with Gasteiger partial charge in [-0.3, -0.25) is 0 Å². The van der Waals surface area contributed by atoms with Gasteiger partial charge in [-0.2, -0.15) is 0 Å². The van der Waals surface area contributed by atoms with Crippen LogP contribution in [0.1, 0.15) is 0 Å². The van der Waals surface area contributed by atoms with Gasteiger partial charge in [0.1, 0.15) is 17.1 Å². The van der Waals surface area contributed by atoms with Crippen LogP contribution < -0.4 is 15.1 Å². The van der Waals surface area contributed by atoms with E-state index in [4.69, 9.17) is 13.9 Å². The topological polar surface area (TPSA) is 75.0 Å². The predicted molar refractivity (Wildman–Crippen MR) is 96.4 cm³/mol. The number of hydrogen-bond acceptors (Lipinski definition) is 6. The summed E-state index contributed by atoms with van der Waals surface area (Å²) >= 11 is 0. The lowest BCUT2D eigenvalue weighted by Gasteiger charge is -2.09. The number of fused-ring (bicyclic) bond motifs is 1. The second-order valence-corrected chi connectivity index (χ2v) is 5.65. The fourth-order valence-electron chi connectivity index (χ4n) is 2.43. The molecule has 1 heterocycles. The first-order valence-corrected chi connectivity index (χ1v) is 8.11. The Morgan fingerprint density at radius 2 is 1.76 bits per heavy atom. The number of alkyl halides is 3. The zero-order valence-corrected chi connectivity index (χ0v) is 14.7. The quantitative estimate of drug-likeness (QED) is 0.261. The molecule has 6 nitrogen and oxygen atoms in total. The van der Waals surface area contributed by atoms with Crippen molar-refractivity contribution in [2.45, 2.75) is 6.36 Å². The molecule has 1 aromatic heterocycles. The van der Waals surface area contributed by atoms with E-state index in [1.807, 2.05) is 0 Å². The lowest BCUT2D eigenvalue weighted by atomic mass is 10.1. The van der Waals surface area contributed by atoms with Gasteiger partial charge in [0.05, 0.1) is 5.56 Å². The van der Waals surface area contributed by atoms with E-state index in [1.54, 1.807) is 18.2 Å². The van der Waals surface area contributed by atoms with Crippen molar-refractivity contribution < 1.29 is 36.6 Å². The van der Waals surface area contributed by atoms with Crippen molar-refractivity contribution in [3.63, 3.8) is 0 Å². The lowest BCUT2D eigenvalue weighted by molar-refractivity contribution is -0.274. The van der Waals surface area contributed by atoms with Crippen LogP contribution in [-0.2, 0) is 9.53 Å². The Hall–Kier alpha value is -3.75. The van der Waals surface area contributed by atoms with E-state index in [2.05, 4.69) is 11.3 Å². The van der Waals surface area contributed by atoms with Crippen LogP contribution in [0.15, 0.2) is 70.4 Å². The molecule has 0 aliphatic carbocycles. The summed E-state index contributed by atoms with van der Waals surface area (Å²) in [6.07, 6.45) is -3.81. The highest BCUT2D eigenvalue weighted by Crippen LogP contribution is 2.27. The molecule has 29 heavy (non-hydrogen) atoms. The number of benzene rings is 2. The fourth-order valence-corrected chi connectivity index (χ4v) is 2.43. The predicted octanol–water partition coefficient (Wildman–Crippen LogP) is 4.42. The Labute approximate surface area is 161 Å². The van der Waals surface area contributed by atoms with E-state index in [1.165, 1.54) is 18.2 Å². The molecular formula is C20H13F3O6. The molecular weight excluding hydrogens is 393 g/mol. The first kappa shape index (κ1) is 20.0. The third-order valence-electron chi connectivity index (χ3n) is 3.70. The van der Waals surface area contributed by atoms with Crippen molar-refractivity contribution in [2.75, 3.05) is 6.79 Å². The zero-order valence-electron chi connectivity index (χ0n) is 14.7. The van der Waals surface area contributed by atoms with Gasteiger partial charge in [-0.1, -0.05) is 18.7 Å². The molecule has 0 spiro atoms. The number of carbonyl (C=O) groups is 1. The van der Waals surface area contributed by atoms with Gasteiger partial charge in [-0.15, -0.1) is 13.2 Å². The number of rotatable bonds is 6. The molecule has 3 aromatic rings. The minimum Gasteiger partial charge on any atom is -0.457 e. The second-order valence-electron chi connectivity index (χ2n) is 5.65. The van der Waals surface area contributed by atoms with E-state index in [0.717, 1.165) is 18.2 Å². The van der Waals surface area contributed by atoms with Crippen molar-refractivity contribution in [3.05, 3.63) is 71.6 Å². The van der Waals surface area contributed by atoms with Gasteiger partial charge in [0.2, 0.25) is 6.79 Å². The first-order chi connectivity index (χ1) is 13.7. The van der Waals surface area contributed by atoms with E-state index in [9.17, 15) is 22.8 Å².